The zero-order chi connectivity index (χ0) is 14.2. The summed E-state index contributed by atoms with van der Waals surface area (Å²) < 4.78 is 1.81. The van der Waals surface area contributed by atoms with E-state index in [-0.39, 0.29) is 0 Å². The van der Waals surface area contributed by atoms with Crippen LogP contribution in [0.4, 0.5) is 0 Å². The number of fused-ring (bicyclic) bond motifs is 1. The number of nitrogens with one attached hydrogen (secondary N) is 1. The zero-order valence-electron chi connectivity index (χ0n) is 11.5. The van der Waals surface area contributed by atoms with Gasteiger partial charge in [0.2, 0.25) is 0 Å². The molecule has 1 N–H and O–H groups in total. The summed E-state index contributed by atoms with van der Waals surface area (Å²) in [6.07, 6.45) is 3.71. The van der Waals surface area contributed by atoms with Gasteiger partial charge in [0.15, 0.2) is 5.65 Å². The molecule has 102 valence electrons. The maximum atomic E-state index is 4.53. The van der Waals surface area contributed by atoms with Gasteiger partial charge in [-0.3, -0.25) is 0 Å². The molecule has 0 amide bonds. The molecule has 0 atom stereocenters. The predicted octanol–water partition coefficient (Wildman–Crippen LogP) is 3.12. The number of nitrogens with zero attached hydrogens (tertiary/aromatic N) is 4. The number of rotatable bonds is 2. The Bertz CT molecular complexity index is 905. The summed E-state index contributed by atoms with van der Waals surface area (Å²) in [7, 11) is 0. The molecule has 0 radical (unpaired) electrons. The minimum atomic E-state index is 0.710. The van der Waals surface area contributed by atoms with Crippen molar-refractivity contribution in [2.45, 2.75) is 6.92 Å². The van der Waals surface area contributed by atoms with Crippen LogP contribution in [-0.2, 0) is 0 Å². The van der Waals surface area contributed by atoms with Gasteiger partial charge in [-0.25, -0.2) is 14.6 Å². The second-order valence-corrected chi connectivity index (χ2v) is 4.92. The smallest absolute Gasteiger partial charge is 0.178 e. The largest absolute Gasteiger partial charge is 0.337 e. The molecule has 0 saturated carbocycles. The minimum Gasteiger partial charge on any atom is -0.337 e. The van der Waals surface area contributed by atoms with Crippen LogP contribution in [0.3, 0.4) is 0 Å². The van der Waals surface area contributed by atoms with Crippen LogP contribution in [-0.4, -0.2) is 24.7 Å². The van der Waals surface area contributed by atoms with E-state index < -0.39 is 0 Å². The SMILES string of the molecule is Cc1ccn(-c2cnc3nc(-c4ccccc4)[nH]c3c2)n1. The summed E-state index contributed by atoms with van der Waals surface area (Å²) in [4.78, 5) is 12.3. The molecule has 1 aromatic carbocycles. The van der Waals surface area contributed by atoms with Crippen LogP contribution in [0.2, 0.25) is 0 Å². The molecule has 0 spiro atoms. The summed E-state index contributed by atoms with van der Waals surface area (Å²) in [5.41, 5.74) is 4.55. The molecule has 4 aromatic rings. The van der Waals surface area contributed by atoms with Gasteiger partial charge in [-0.15, -0.1) is 0 Å². The van der Waals surface area contributed by atoms with E-state index in [1.54, 1.807) is 6.20 Å². The zero-order valence-corrected chi connectivity index (χ0v) is 11.5. The van der Waals surface area contributed by atoms with Crippen LogP contribution in [0.5, 0.6) is 0 Å². The van der Waals surface area contributed by atoms with Crippen LogP contribution >= 0.6 is 0 Å². The molecule has 0 aliphatic carbocycles. The third-order valence-electron chi connectivity index (χ3n) is 3.36. The third-order valence-corrected chi connectivity index (χ3v) is 3.36. The maximum absolute atomic E-state index is 4.53. The molecule has 4 rings (SSSR count). The topological polar surface area (TPSA) is 59.4 Å². The maximum Gasteiger partial charge on any atom is 0.178 e. The summed E-state index contributed by atoms with van der Waals surface area (Å²) in [6.45, 7) is 1.96. The van der Waals surface area contributed by atoms with Crippen molar-refractivity contribution >= 4 is 11.2 Å². The number of aromatic nitrogens is 5. The molecule has 5 nitrogen and oxygen atoms in total. The lowest BCUT2D eigenvalue weighted by Crippen LogP contribution is -1.95. The second kappa shape index (κ2) is 4.56. The highest BCUT2D eigenvalue weighted by Gasteiger charge is 2.08. The molecule has 3 aromatic heterocycles. The Morgan fingerprint density at radius 3 is 2.71 bits per heavy atom. The number of pyridine rings is 1. The van der Waals surface area contributed by atoms with Crippen molar-refractivity contribution in [1.82, 2.24) is 24.7 Å². The van der Waals surface area contributed by atoms with Gasteiger partial charge in [-0.05, 0) is 19.1 Å². The summed E-state index contributed by atoms with van der Waals surface area (Å²) in [6, 6.07) is 14.0. The monoisotopic (exact) mass is 275 g/mol. The Balaban J connectivity index is 1.82. The number of benzene rings is 1. The molecular weight excluding hydrogens is 262 g/mol. The normalized spacial score (nSPS) is 11.1. The van der Waals surface area contributed by atoms with Gasteiger partial charge >= 0.3 is 0 Å². The van der Waals surface area contributed by atoms with E-state index in [1.807, 2.05) is 60.3 Å². The number of aromatic amines is 1. The Morgan fingerprint density at radius 2 is 1.95 bits per heavy atom. The van der Waals surface area contributed by atoms with Crippen molar-refractivity contribution in [1.29, 1.82) is 0 Å². The average molecular weight is 275 g/mol. The van der Waals surface area contributed by atoms with Gasteiger partial charge in [0, 0.05) is 11.8 Å². The van der Waals surface area contributed by atoms with Gasteiger partial charge in [-0.2, -0.15) is 5.10 Å². The van der Waals surface area contributed by atoms with Crippen molar-refractivity contribution in [3.8, 4) is 17.1 Å². The van der Waals surface area contributed by atoms with Gasteiger partial charge in [0.1, 0.15) is 5.82 Å². The molecule has 3 heterocycles. The first-order chi connectivity index (χ1) is 10.3. The summed E-state index contributed by atoms with van der Waals surface area (Å²) in [5, 5.41) is 4.40. The quantitative estimate of drug-likeness (QED) is 0.611. The van der Waals surface area contributed by atoms with Crippen molar-refractivity contribution in [2.75, 3.05) is 0 Å². The number of hydrogen-bond donors (Lipinski definition) is 1. The third kappa shape index (κ3) is 2.08. The number of hydrogen-bond acceptors (Lipinski definition) is 3. The van der Waals surface area contributed by atoms with E-state index >= 15 is 0 Å². The molecule has 0 aliphatic heterocycles. The minimum absolute atomic E-state index is 0.710. The number of aryl methyl sites for hydroxylation is 1. The fourth-order valence-corrected chi connectivity index (χ4v) is 2.31. The Morgan fingerprint density at radius 1 is 1.10 bits per heavy atom. The van der Waals surface area contributed by atoms with E-state index in [1.165, 1.54) is 0 Å². The van der Waals surface area contributed by atoms with Crippen molar-refractivity contribution in [2.24, 2.45) is 0 Å². The lowest BCUT2D eigenvalue weighted by atomic mass is 10.2. The van der Waals surface area contributed by atoms with Crippen LogP contribution in [0.15, 0.2) is 54.9 Å². The Hall–Kier alpha value is -2.95. The van der Waals surface area contributed by atoms with E-state index in [4.69, 9.17) is 0 Å². The molecule has 0 fully saturated rings. The first kappa shape index (κ1) is 11.8. The average Bonchev–Trinajstić information content (AvgIpc) is 3.13. The van der Waals surface area contributed by atoms with Gasteiger partial charge in [0.25, 0.3) is 0 Å². The van der Waals surface area contributed by atoms with Gasteiger partial charge in [0.05, 0.1) is 23.1 Å². The highest BCUT2D eigenvalue weighted by Crippen LogP contribution is 2.20. The summed E-state index contributed by atoms with van der Waals surface area (Å²) >= 11 is 0. The molecule has 5 heteroatoms. The van der Waals surface area contributed by atoms with Crippen molar-refractivity contribution in [3.05, 3.63) is 60.6 Å². The summed E-state index contributed by atoms with van der Waals surface area (Å²) in [5.74, 6) is 0.826. The molecule has 0 unspecified atom stereocenters. The fraction of sp³-hybridized carbons (Fsp3) is 0.0625. The molecule has 0 bridgehead atoms. The van der Waals surface area contributed by atoms with E-state index in [2.05, 4.69) is 20.1 Å². The number of imidazole rings is 1. The highest BCUT2D eigenvalue weighted by atomic mass is 15.3. The van der Waals surface area contributed by atoms with Gasteiger partial charge < -0.3 is 4.98 Å². The molecule has 0 aliphatic rings. The van der Waals surface area contributed by atoms with Crippen LogP contribution in [0, 0.1) is 6.92 Å². The highest BCUT2D eigenvalue weighted by molar-refractivity contribution is 5.77. The Labute approximate surface area is 121 Å². The lowest BCUT2D eigenvalue weighted by Gasteiger charge is -1.99. The predicted molar refractivity (Wildman–Crippen MR) is 81.2 cm³/mol. The Kier molecular flexibility index (Phi) is 2.57. The number of H-pyrrole nitrogens is 1. The molecular formula is C16H13N5. The van der Waals surface area contributed by atoms with Crippen LogP contribution in [0.1, 0.15) is 5.69 Å². The molecule has 21 heavy (non-hydrogen) atoms. The second-order valence-electron chi connectivity index (χ2n) is 4.92. The van der Waals surface area contributed by atoms with E-state index in [0.717, 1.165) is 28.3 Å². The van der Waals surface area contributed by atoms with E-state index in [0.29, 0.717) is 5.65 Å². The van der Waals surface area contributed by atoms with Gasteiger partial charge in [-0.1, -0.05) is 30.3 Å². The van der Waals surface area contributed by atoms with E-state index in [9.17, 15) is 0 Å². The lowest BCUT2D eigenvalue weighted by molar-refractivity contribution is 0.859. The van der Waals surface area contributed by atoms with Crippen LogP contribution < -0.4 is 0 Å². The fourth-order valence-electron chi connectivity index (χ4n) is 2.31. The first-order valence-electron chi connectivity index (χ1n) is 6.73. The molecule has 0 saturated heterocycles. The first-order valence-corrected chi connectivity index (χ1v) is 6.73. The van der Waals surface area contributed by atoms with Crippen molar-refractivity contribution < 1.29 is 0 Å². The van der Waals surface area contributed by atoms with Crippen molar-refractivity contribution in [3.63, 3.8) is 0 Å². The standard InChI is InChI=1S/C16H13N5/c1-11-7-8-21(20-11)13-9-14-16(17-10-13)19-15(18-14)12-5-3-2-4-6-12/h2-10H,1H3,(H,17,18,19). The van der Waals surface area contributed by atoms with Crippen LogP contribution in [0.25, 0.3) is 28.2 Å².